The van der Waals surface area contributed by atoms with Crippen molar-refractivity contribution in [2.75, 3.05) is 31.1 Å². The van der Waals surface area contributed by atoms with Crippen molar-refractivity contribution in [2.24, 2.45) is 5.92 Å². The van der Waals surface area contributed by atoms with Gasteiger partial charge in [-0.2, -0.15) is 0 Å². The minimum Gasteiger partial charge on any atom is -0.351 e. The van der Waals surface area contributed by atoms with Crippen molar-refractivity contribution < 1.29 is 4.79 Å². The Morgan fingerprint density at radius 3 is 2.17 bits per heavy atom. The SMILES string of the molecule is CCC(C)C(=O)N1CCN(c2nc3cc(C)c(C)cc3nc2-c2ccccc2)CC1. The molecule has 30 heavy (non-hydrogen) atoms. The fourth-order valence-electron chi connectivity index (χ4n) is 3.94. The number of aromatic nitrogens is 2. The van der Waals surface area contributed by atoms with Crippen LogP contribution in [-0.2, 0) is 4.79 Å². The van der Waals surface area contributed by atoms with E-state index in [1.807, 2.05) is 30.0 Å². The molecule has 1 unspecified atom stereocenters. The van der Waals surface area contributed by atoms with Crippen molar-refractivity contribution in [1.29, 1.82) is 0 Å². The monoisotopic (exact) mass is 402 g/mol. The molecule has 1 saturated heterocycles. The Labute approximate surface area is 178 Å². The predicted molar refractivity (Wildman–Crippen MR) is 123 cm³/mol. The van der Waals surface area contributed by atoms with Crippen LogP contribution in [0.1, 0.15) is 31.4 Å². The largest absolute Gasteiger partial charge is 0.351 e. The van der Waals surface area contributed by atoms with E-state index in [-0.39, 0.29) is 11.8 Å². The van der Waals surface area contributed by atoms with Crippen molar-refractivity contribution in [3.63, 3.8) is 0 Å². The summed E-state index contributed by atoms with van der Waals surface area (Å²) in [6.07, 6.45) is 0.881. The predicted octanol–water partition coefficient (Wildman–Crippen LogP) is 4.61. The van der Waals surface area contributed by atoms with Crippen LogP contribution in [0.15, 0.2) is 42.5 Å². The van der Waals surface area contributed by atoms with Crippen LogP contribution in [0.2, 0.25) is 0 Å². The summed E-state index contributed by atoms with van der Waals surface area (Å²) in [5.74, 6) is 1.26. The van der Waals surface area contributed by atoms with Gasteiger partial charge in [0.15, 0.2) is 5.82 Å². The summed E-state index contributed by atoms with van der Waals surface area (Å²) in [6, 6.07) is 14.5. The third kappa shape index (κ3) is 3.89. The Kier molecular flexibility index (Phi) is 5.71. The van der Waals surface area contributed by atoms with Crippen LogP contribution < -0.4 is 4.90 Å². The fourth-order valence-corrected chi connectivity index (χ4v) is 3.94. The molecule has 0 aliphatic carbocycles. The lowest BCUT2D eigenvalue weighted by Crippen LogP contribution is -2.50. The Hall–Kier alpha value is -2.95. The quantitative estimate of drug-likeness (QED) is 0.639. The van der Waals surface area contributed by atoms with E-state index in [0.29, 0.717) is 0 Å². The lowest BCUT2D eigenvalue weighted by molar-refractivity contribution is -0.135. The number of carbonyl (C=O) groups excluding carboxylic acids is 1. The molecule has 4 rings (SSSR count). The highest BCUT2D eigenvalue weighted by Crippen LogP contribution is 2.31. The van der Waals surface area contributed by atoms with Gasteiger partial charge in [0.05, 0.1) is 11.0 Å². The highest BCUT2D eigenvalue weighted by molar-refractivity contribution is 5.85. The summed E-state index contributed by atoms with van der Waals surface area (Å²) in [4.78, 5) is 27.0. The second kappa shape index (κ2) is 8.42. The van der Waals surface area contributed by atoms with Crippen LogP contribution in [0, 0.1) is 19.8 Å². The van der Waals surface area contributed by atoms with Crippen LogP contribution in [0.5, 0.6) is 0 Å². The number of piperazine rings is 1. The molecule has 156 valence electrons. The highest BCUT2D eigenvalue weighted by Gasteiger charge is 2.26. The summed E-state index contributed by atoms with van der Waals surface area (Å²) >= 11 is 0. The average molecular weight is 403 g/mol. The Morgan fingerprint density at radius 2 is 1.57 bits per heavy atom. The zero-order valence-corrected chi connectivity index (χ0v) is 18.4. The molecule has 0 radical (unpaired) electrons. The molecule has 1 aromatic heterocycles. The zero-order valence-electron chi connectivity index (χ0n) is 18.4. The van der Waals surface area contributed by atoms with Crippen molar-refractivity contribution >= 4 is 22.8 Å². The third-order valence-electron chi connectivity index (χ3n) is 6.23. The molecule has 2 heterocycles. The molecule has 0 bridgehead atoms. The molecule has 0 N–H and O–H groups in total. The van der Waals surface area contributed by atoms with Gasteiger partial charge < -0.3 is 9.80 Å². The topological polar surface area (TPSA) is 49.3 Å². The first kappa shape index (κ1) is 20.3. The number of fused-ring (bicyclic) bond motifs is 1. The molecule has 2 aromatic carbocycles. The lowest BCUT2D eigenvalue weighted by Gasteiger charge is -2.37. The maximum Gasteiger partial charge on any atom is 0.225 e. The normalized spacial score (nSPS) is 15.5. The maximum absolute atomic E-state index is 12.6. The van der Waals surface area contributed by atoms with E-state index in [1.54, 1.807) is 0 Å². The summed E-state index contributed by atoms with van der Waals surface area (Å²) < 4.78 is 0. The number of carbonyl (C=O) groups is 1. The first-order chi connectivity index (χ1) is 14.5. The molecule has 1 amide bonds. The molecule has 0 saturated carbocycles. The van der Waals surface area contributed by atoms with E-state index < -0.39 is 0 Å². The number of rotatable bonds is 4. The van der Waals surface area contributed by atoms with Gasteiger partial charge in [-0.05, 0) is 43.5 Å². The summed E-state index contributed by atoms with van der Waals surface area (Å²) in [5, 5.41) is 0. The molecule has 5 heteroatoms. The van der Waals surface area contributed by atoms with E-state index in [0.717, 1.165) is 60.7 Å². The van der Waals surface area contributed by atoms with Gasteiger partial charge in [0, 0.05) is 37.7 Å². The van der Waals surface area contributed by atoms with Gasteiger partial charge in [-0.1, -0.05) is 44.2 Å². The molecular weight excluding hydrogens is 372 g/mol. The third-order valence-corrected chi connectivity index (χ3v) is 6.23. The van der Waals surface area contributed by atoms with Crippen molar-refractivity contribution in [2.45, 2.75) is 34.1 Å². The van der Waals surface area contributed by atoms with Crippen LogP contribution in [0.3, 0.4) is 0 Å². The van der Waals surface area contributed by atoms with Gasteiger partial charge >= 0.3 is 0 Å². The van der Waals surface area contributed by atoms with Gasteiger partial charge in [0.25, 0.3) is 0 Å². The number of aryl methyl sites for hydroxylation is 2. The number of hydrogen-bond donors (Lipinski definition) is 0. The Bertz CT molecular complexity index is 1060. The van der Waals surface area contributed by atoms with E-state index in [2.05, 4.69) is 49.9 Å². The Balaban J connectivity index is 1.71. The second-order valence-electron chi connectivity index (χ2n) is 8.31. The lowest BCUT2D eigenvalue weighted by atomic mass is 10.1. The smallest absolute Gasteiger partial charge is 0.225 e. The number of benzene rings is 2. The fraction of sp³-hybridized carbons (Fsp3) is 0.400. The van der Waals surface area contributed by atoms with Crippen LogP contribution in [-0.4, -0.2) is 47.0 Å². The van der Waals surface area contributed by atoms with Gasteiger partial charge in [-0.3, -0.25) is 4.79 Å². The maximum atomic E-state index is 12.6. The Morgan fingerprint density at radius 1 is 0.967 bits per heavy atom. The van der Waals surface area contributed by atoms with Crippen molar-refractivity contribution in [1.82, 2.24) is 14.9 Å². The first-order valence-corrected chi connectivity index (χ1v) is 10.9. The van der Waals surface area contributed by atoms with Crippen molar-refractivity contribution in [3.05, 3.63) is 53.6 Å². The number of nitrogens with zero attached hydrogens (tertiary/aromatic N) is 4. The van der Waals surface area contributed by atoms with Gasteiger partial charge in [-0.15, -0.1) is 0 Å². The zero-order chi connectivity index (χ0) is 21.3. The first-order valence-electron chi connectivity index (χ1n) is 10.9. The molecule has 1 fully saturated rings. The molecule has 1 atom stereocenters. The van der Waals surface area contributed by atoms with E-state index in [4.69, 9.17) is 9.97 Å². The van der Waals surface area contributed by atoms with Crippen LogP contribution >= 0.6 is 0 Å². The van der Waals surface area contributed by atoms with Gasteiger partial charge in [0.2, 0.25) is 5.91 Å². The number of anilines is 1. The molecule has 0 spiro atoms. The van der Waals surface area contributed by atoms with Crippen LogP contribution in [0.25, 0.3) is 22.3 Å². The van der Waals surface area contributed by atoms with Gasteiger partial charge in [-0.25, -0.2) is 9.97 Å². The van der Waals surface area contributed by atoms with E-state index in [9.17, 15) is 4.79 Å². The minimum absolute atomic E-state index is 0.0862. The van der Waals surface area contributed by atoms with E-state index >= 15 is 0 Å². The molecule has 5 nitrogen and oxygen atoms in total. The average Bonchev–Trinajstić information content (AvgIpc) is 2.79. The van der Waals surface area contributed by atoms with Gasteiger partial charge in [0.1, 0.15) is 5.69 Å². The summed E-state index contributed by atoms with van der Waals surface area (Å²) in [5.41, 5.74) is 6.27. The second-order valence-corrected chi connectivity index (χ2v) is 8.31. The van der Waals surface area contributed by atoms with E-state index in [1.165, 1.54) is 11.1 Å². The number of amides is 1. The molecule has 1 aliphatic rings. The molecular formula is C25H30N4O. The number of hydrogen-bond acceptors (Lipinski definition) is 4. The molecule has 3 aromatic rings. The highest BCUT2D eigenvalue weighted by atomic mass is 16.2. The van der Waals surface area contributed by atoms with Crippen molar-refractivity contribution in [3.8, 4) is 11.3 Å². The standard InChI is InChI=1S/C25H30N4O/c1-5-17(2)25(30)29-13-11-28(12-14-29)24-23(20-9-7-6-8-10-20)26-21-15-18(3)19(4)16-22(21)27-24/h6-10,15-17H,5,11-14H2,1-4H3. The summed E-state index contributed by atoms with van der Waals surface area (Å²) in [7, 11) is 0. The summed E-state index contributed by atoms with van der Waals surface area (Å²) in [6.45, 7) is 11.3. The molecule has 1 aliphatic heterocycles. The minimum atomic E-state index is 0.0862. The van der Waals surface area contributed by atoms with Crippen LogP contribution in [0.4, 0.5) is 5.82 Å².